The normalized spacial score (nSPS) is 13.8. The number of rotatable bonds is 4. The number of sulfonamides is 1. The standard InChI is InChI=1S/C9H12Cl2N2O2S/c1-6(5-12)13-16(14,15)7-2-3-8(10)9(11)4-7/h2-4,6,13H,5,12H2,1H3/t6-/m1/s1. The van der Waals surface area contributed by atoms with Crippen molar-refractivity contribution >= 4 is 33.2 Å². The van der Waals surface area contributed by atoms with Crippen molar-refractivity contribution in [2.45, 2.75) is 17.9 Å². The van der Waals surface area contributed by atoms with E-state index in [4.69, 9.17) is 28.9 Å². The average Bonchev–Trinajstić information content (AvgIpc) is 2.21. The van der Waals surface area contributed by atoms with Gasteiger partial charge in [0.05, 0.1) is 14.9 Å². The van der Waals surface area contributed by atoms with Gasteiger partial charge in [-0.15, -0.1) is 0 Å². The van der Waals surface area contributed by atoms with Crippen molar-refractivity contribution in [3.05, 3.63) is 28.2 Å². The van der Waals surface area contributed by atoms with E-state index in [0.29, 0.717) is 5.02 Å². The SMILES string of the molecule is C[C@H](CN)NS(=O)(=O)c1ccc(Cl)c(Cl)c1. The molecule has 90 valence electrons. The van der Waals surface area contributed by atoms with Crippen LogP contribution in [0.3, 0.4) is 0 Å². The quantitative estimate of drug-likeness (QED) is 0.882. The zero-order chi connectivity index (χ0) is 12.3. The van der Waals surface area contributed by atoms with Gasteiger partial charge >= 0.3 is 0 Å². The number of hydrogen-bond acceptors (Lipinski definition) is 3. The molecule has 0 saturated carbocycles. The summed E-state index contributed by atoms with van der Waals surface area (Å²) in [5.41, 5.74) is 5.34. The molecule has 0 aromatic heterocycles. The van der Waals surface area contributed by atoms with Gasteiger partial charge in [0.1, 0.15) is 0 Å². The topological polar surface area (TPSA) is 72.2 Å². The number of nitrogens with one attached hydrogen (secondary N) is 1. The van der Waals surface area contributed by atoms with Crippen LogP contribution in [0.15, 0.2) is 23.1 Å². The summed E-state index contributed by atoms with van der Waals surface area (Å²) in [5, 5.41) is 0.512. The van der Waals surface area contributed by atoms with Crippen LogP contribution in [-0.4, -0.2) is 21.0 Å². The summed E-state index contributed by atoms with van der Waals surface area (Å²) >= 11 is 11.4. The molecule has 7 heteroatoms. The van der Waals surface area contributed by atoms with E-state index in [9.17, 15) is 8.42 Å². The third-order valence-corrected chi connectivity index (χ3v) is 4.24. The van der Waals surface area contributed by atoms with Crippen molar-refractivity contribution in [1.82, 2.24) is 4.72 Å². The summed E-state index contributed by atoms with van der Waals surface area (Å²) in [7, 11) is -3.58. The fourth-order valence-corrected chi connectivity index (χ4v) is 2.67. The fourth-order valence-electron chi connectivity index (χ4n) is 1.03. The highest BCUT2D eigenvalue weighted by Crippen LogP contribution is 2.24. The predicted molar refractivity (Wildman–Crippen MR) is 65.3 cm³/mol. The van der Waals surface area contributed by atoms with E-state index >= 15 is 0 Å². The second-order valence-electron chi connectivity index (χ2n) is 3.33. The molecule has 1 aromatic rings. The van der Waals surface area contributed by atoms with E-state index in [1.165, 1.54) is 18.2 Å². The van der Waals surface area contributed by atoms with Crippen LogP contribution >= 0.6 is 23.2 Å². The van der Waals surface area contributed by atoms with Crippen LogP contribution < -0.4 is 10.5 Å². The van der Waals surface area contributed by atoms with Crippen LogP contribution in [0.4, 0.5) is 0 Å². The van der Waals surface area contributed by atoms with Gasteiger partial charge in [-0.05, 0) is 25.1 Å². The van der Waals surface area contributed by atoms with Crippen LogP contribution in [0.5, 0.6) is 0 Å². The second kappa shape index (κ2) is 5.33. The van der Waals surface area contributed by atoms with E-state index in [-0.39, 0.29) is 22.5 Å². The zero-order valence-electron chi connectivity index (χ0n) is 8.57. The predicted octanol–water partition coefficient (Wildman–Crippen LogP) is 1.62. The highest BCUT2D eigenvalue weighted by atomic mass is 35.5. The molecule has 0 amide bonds. The summed E-state index contributed by atoms with van der Waals surface area (Å²) < 4.78 is 26.0. The van der Waals surface area contributed by atoms with Crippen molar-refractivity contribution in [3.63, 3.8) is 0 Å². The number of benzene rings is 1. The minimum Gasteiger partial charge on any atom is -0.329 e. The summed E-state index contributed by atoms with van der Waals surface area (Å²) in [6.07, 6.45) is 0. The molecule has 0 heterocycles. The number of hydrogen-bond donors (Lipinski definition) is 2. The summed E-state index contributed by atoms with van der Waals surface area (Å²) in [5.74, 6) is 0. The number of halogens is 2. The van der Waals surface area contributed by atoms with Gasteiger partial charge < -0.3 is 5.73 Å². The van der Waals surface area contributed by atoms with Gasteiger partial charge in [0, 0.05) is 12.6 Å². The van der Waals surface area contributed by atoms with Crippen LogP contribution in [0.1, 0.15) is 6.92 Å². The molecule has 4 nitrogen and oxygen atoms in total. The van der Waals surface area contributed by atoms with Crippen LogP contribution in [0, 0.1) is 0 Å². The summed E-state index contributed by atoms with van der Waals surface area (Å²) in [6, 6.07) is 3.79. The molecule has 0 fully saturated rings. The Labute approximate surface area is 105 Å². The third-order valence-electron chi connectivity index (χ3n) is 1.91. The first-order valence-electron chi connectivity index (χ1n) is 4.54. The molecular formula is C9H12Cl2N2O2S. The monoisotopic (exact) mass is 282 g/mol. The molecule has 16 heavy (non-hydrogen) atoms. The Kier molecular flexibility index (Phi) is 4.58. The first kappa shape index (κ1) is 13.7. The minimum atomic E-state index is -3.58. The van der Waals surface area contributed by atoms with E-state index < -0.39 is 10.0 Å². The first-order valence-corrected chi connectivity index (χ1v) is 6.78. The third kappa shape index (κ3) is 3.33. The summed E-state index contributed by atoms with van der Waals surface area (Å²) in [4.78, 5) is 0.0715. The highest BCUT2D eigenvalue weighted by Gasteiger charge is 2.17. The maximum atomic E-state index is 11.8. The Morgan fingerprint density at radius 3 is 2.50 bits per heavy atom. The molecule has 0 radical (unpaired) electrons. The molecule has 0 bridgehead atoms. The molecule has 0 aliphatic heterocycles. The van der Waals surface area contributed by atoms with E-state index in [1.807, 2.05) is 0 Å². The lowest BCUT2D eigenvalue weighted by atomic mass is 10.4. The van der Waals surface area contributed by atoms with Crippen LogP contribution in [0.25, 0.3) is 0 Å². The Morgan fingerprint density at radius 1 is 1.38 bits per heavy atom. The Bertz CT molecular complexity index is 476. The van der Waals surface area contributed by atoms with E-state index in [1.54, 1.807) is 6.92 Å². The van der Waals surface area contributed by atoms with E-state index in [2.05, 4.69) is 4.72 Å². The van der Waals surface area contributed by atoms with Gasteiger partial charge in [0.25, 0.3) is 0 Å². The molecule has 1 atom stereocenters. The largest absolute Gasteiger partial charge is 0.329 e. The smallest absolute Gasteiger partial charge is 0.240 e. The lowest BCUT2D eigenvalue weighted by molar-refractivity contribution is 0.562. The van der Waals surface area contributed by atoms with Crippen molar-refractivity contribution in [1.29, 1.82) is 0 Å². The fraction of sp³-hybridized carbons (Fsp3) is 0.333. The molecule has 0 spiro atoms. The van der Waals surface area contributed by atoms with Gasteiger partial charge in [-0.25, -0.2) is 13.1 Å². The molecule has 0 saturated heterocycles. The Hall–Kier alpha value is -0.330. The first-order chi connectivity index (χ1) is 7.36. The second-order valence-corrected chi connectivity index (χ2v) is 5.86. The van der Waals surface area contributed by atoms with Gasteiger partial charge in [0.15, 0.2) is 0 Å². The van der Waals surface area contributed by atoms with Gasteiger partial charge in [-0.3, -0.25) is 0 Å². The molecular weight excluding hydrogens is 271 g/mol. The van der Waals surface area contributed by atoms with Gasteiger partial charge in [-0.1, -0.05) is 23.2 Å². The molecule has 0 aliphatic carbocycles. The maximum absolute atomic E-state index is 11.8. The minimum absolute atomic E-state index is 0.0715. The van der Waals surface area contributed by atoms with Gasteiger partial charge in [-0.2, -0.15) is 0 Å². The molecule has 3 N–H and O–H groups in total. The van der Waals surface area contributed by atoms with Crippen molar-refractivity contribution < 1.29 is 8.42 Å². The lowest BCUT2D eigenvalue weighted by Crippen LogP contribution is -2.37. The highest BCUT2D eigenvalue weighted by molar-refractivity contribution is 7.89. The van der Waals surface area contributed by atoms with E-state index in [0.717, 1.165) is 0 Å². The average molecular weight is 283 g/mol. The molecule has 1 aromatic carbocycles. The Morgan fingerprint density at radius 2 is 2.00 bits per heavy atom. The Balaban J connectivity index is 3.03. The molecule has 0 unspecified atom stereocenters. The van der Waals surface area contributed by atoms with Gasteiger partial charge in [0.2, 0.25) is 10.0 Å². The van der Waals surface area contributed by atoms with Crippen LogP contribution in [0.2, 0.25) is 10.0 Å². The molecule has 0 aliphatic rings. The van der Waals surface area contributed by atoms with Crippen molar-refractivity contribution in [2.75, 3.05) is 6.54 Å². The summed E-state index contributed by atoms with van der Waals surface area (Å²) in [6.45, 7) is 1.90. The lowest BCUT2D eigenvalue weighted by Gasteiger charge is -2.12. The van der Waals surface area contributed by atoms with Crippen molar-refractivity contribution in [2.24, 2.45) is 5.73 Å². The van der Waals surface area contributed by atoms with Crippen LogP contribution in [-0.2, 0) is 10.0 Å². The molecule has 1 rings (SSSR count). The van der Waals surface area contributed by atoms with Crippen molar-refractivity contribution in [3.8, 4) is 0 Å². The maximum Gasteiger partial charge on any atom is 0.240 e. The zero-order valence-corrected chi connectivity index (χ0v) is 10.9. The number of nitrogens with two attached hydrogens (primary N) is 1.